The molecule has 2 atom stereocenters. The first kappa shape index (κ1) is 18.2. The minimum atomic E-state index is -1.29. The Bertz CT molecular complexity index is 517. The monoisotopic (exact) mass is 352 g/mol. The molecule has 2 unspecified atom stereocenters. The molecule has 1 rings (SSSR count). The Hall–Kier alpha value is -0.820. The summed E-state index contributed by atoms with van der Waals surface area (Å²) >= 11 is 11.8. The van der Waals surface area contributed by atoms with E-state index in [1.807, 2.05) is 0 Å². The first-order valence-corrected chi connectivity index (χ1v) is 8.42. The van der Waals surface area contributed by atoms with E-state index in [-0.39, 0.29) is 16.4 Å². The van der Waals surface area contributed by atoms with E-state index in [1.54, 1.807) is 14.0 Å². The number of benzene rings is 1. The predicted molar refractivity (Wildman–Crippen MR) is 88.5 cm³/mol. The molecule has 118 valence electrons. The van der Waals surface area contributed by atoms with Crippen LogP contribution in [0.5, 0.6) is 0 Å². The lowest BCUT2D eigenvalue weighted by Gasteiger charge is -2.14. The summed E-state index contributed by atoms with van der Waals surface area (Å²) in [5.41, 5.74) is 6.32. The van der Waals surface area contributed by atoms with Crippen molar-refractivity contribution in [3.8, 4) is 0 Å². The van der Waals surface area contributed by atoms with Crippen molar-refractivity contribution in [3.63, 3.8) is 0 Å². The van der Waals surface area contributed by atoms with Gasteiger partial charge in [0.05, 0.1) is 16.4 Å². The molecule has 0 spiro atoms. The molecule has 5 nitrogen and oxygen atoms in total. The molecule has 1 amide bonds. The van der Waals surface area contributed by atoms with E-state index in [0.717, 1.165) is 0 Å². The number of methoxy groups -OCH3 is 1. The summed E-state index contributed by atoms with van der Waals surface area (Å²) in [6, 6.07) is 2.97. The minimum absolute atomic E-state index is 0.241. The van der Waals surface area contributed by atoms with Crippen LogP contribution in [0.15, 0.2) is 12.1 Å². The number of anilines is 2. The van der Waals surface area contributed by atoms with Gasteiger partial charge in [0, 0.05) is 35.3 Å². The van der Waals surface area contributed by atoms with Crippen LogP contribution in [-0.2, 0) is 20.3 Å². The molecule has 0 aliphatic heterocycles. The van der Waals surface area contributed by atoms with Crippen LogP contribution in [0.3, 0.4) is 0 Å². The Labute approximate surface area is 136 Å². The molecule has 0 fully saturated rings. The minimum Gasteiger partial charge on any atom is -0.397 e. The van der Waals surface area contributed by atoms with E-state index in [2.05, 4.69) is 5.32 Å². The first-order chi connectivity index (χ1) is 9.86. The highest BCUT2D eigenvalue weighted by atomic mass is 35.5. The zero-order chi connectivity index (χ0) is 16.0. The SMILES string of the molecule is COCCCS(=O)C(C)C(=O)Nc1c(N)cc(Cl)cc1Cl. The van der Waals surface area contributed by atoms with Crippen molar-refractivity contribution >= 4 is 51.3 Å². The fraction of sp³-hybridized carbons (Fsp3) is 0.462. The van der Waals surface area contributed by atoms with Crippen molar-refractivity contribution in [2.75, 3.05) is 30.5 Å². The van der Waals surface area contributed by atoms with E-state index in [1.165, 1.54) is 12.1 Å². The van der Waals surface area contributed by atoms with Gasteiger partial charge in [-0.2, -0.15) is 0 Å². The van der Waals surface area contributed by atoms with E-state index < -0.39 is 22.0 Å². The van der Waals surface area contributed by atoms with Crippen LogP contribution in [0.1, 0.15) is 13.3 Å². The number of nitrogen functional groups attached to an aromatic ring is 1. The van der Waals surface area contributed by atoms with E-state index in [9.17, 15) is 9.00 Å². The van der Waals surface area contributed by atoms with Crippen LogP contribution < -0.4 is 11.1 Å². The second-order valence-electron chi connectivity index (χ2n) is 4.41. The molecule has 21 heavy (non-hydrogen) atoms. The zero-order valence-electron chi connectivity index (χ0n) is 11.8. The lowest BCUT2D eigenvalue weighted by Crippen LogP contribution is -2.31. The number of amides is 1. The molecule has 0 aromatic heterocycles. The van der Waals surface area contributed by atoms with Gasteiger partial charge < -0.3 is 15.8 Å². The molecular formula is C13H18Cl2N2O3S. The standard InChI is InChI=1S/C13H18Cl2N2O3S/c1-8(21(19)5-3-4-20-2)13(18)17-12-10(15)6-9(14)7-11(12)16/h6-8H,3-5,16H2,1-2H3,(H,17,18). The second-order valence-corrected chi connectivity index (χ2v) is 7.14. The Morgan fingerprint density at radius 3 is 2.71 bits per heavy atom. The van der Waals surface area contributed by atoms with E-state index in [0.29, 0.717) is 23.8 Å². The number of nitrogens with two attached hydrogens (primary N) is 1. The highest BCUT2D eigenvalue weighted by Crippen LogP contribution is 2.32. The summed E-state index contributed by atoms with van der Waals surface area (Å²) in [6.45, 7) is 2.11. The number of rotatable bonds is 7. The third-order valence-electron chi connectivity index (χ3n) is 2.79. The molecule has 3 N–H and O–H groups in total. The van der Waals surface area contributed by atoms with Gasteiger partial charge in [-0.15, -0.1) is 0 Å². The second kappa shape index (κ2) is 8.58. The maximum atomic E-state index is 12.1. The van der Waals surface area contributed by atoms with Gasteiger partial charge in [0.1, 0.15) is 5.25 Å². The van der Waals surface area contributed by atoms with Crippen LogP contribution in [0.2, 0.25) is 10.0 Å². The number of carbonyl (C=O) groups excluding carboxylic acids is 1. The summed E-state index contributed by atoms with van der Waals surface area (Å²) < 4.78 is 16.9. The van der Waals surface area contributed by atoms with Crippen molar-refractivity contribution in [2.24, 2.45) is 0 Å². The molecule has 0 aliphatic rings. The number of carbonyl (C=O) groups is 1. The molecule has 1 aromatic carbocycles. The van der Waals surface area contributed by atoms with Gasteiger partial charge >= 0.3 is 0 Å². The maximum Gasteiger partial charge on any atom is 0.239 e. The fourth-order valence-electron chi connectivity index (χ4n) is 1.59. The third-order valence-corrected chi connectivity index (χ3v) is 5.00. The molecule has 0 radical (unpaired) electrons. The van der Waals surface area contributed by atoms with Crippen molar-refractivity contribution < 1.29 is 13.7 Å². The molecule has 0 aliphatic carbocycles. The maximum absolute atomic E-state index is 12.1. The summed E-state index contributed by atoms with van der Waals surface area (Å²) in [7, 11) is 0.284. The van der Waals surface area contributed by atoms with Crippen molar-refractivity contribution in [2.45, 2.75) is 18.6 Å². The summed E-state index contributed by atoms with van der Waals surface area (Å²) in [4.78, 5) is 12.1. The highest BCUT2D eigenvalue weighted by molar-refractivity contribution is 7.86. The van der Waals surface area contributed by atoms with E-state index in [4.69, 9.17) is 33.7 Å². The van der Waals surface area contributed by atoms with Crippen molar-refractivity contribution in [1.29, 1.82) is 0 Å². The molecule has 1 aromatic rings. The van der Waals surface area contributed by atoms with Crippen LogP contribution in [0.25, 0.3) is 0 Å². The predicted octanol–water partition coefficient (Wildman–Crippen LogP) is 2.69. The van der Waals surface area contributed by atoms with Gasteiger partial charge in [-0.3, -0.25) is 9.00 Å². The fourth-order valence-corrected chi connectivity index (χ4v) is 3.20. The van der Waals surface area contributed by atoms with Crippen molar-refractivity contribution in [1.82, 2.24) is 0 Å². The van der Waals surface area contributed by atoms with Gasteiger partial charge in [0.2, 0.25) is 5.91 Å². The van der Waals surface area contributed by atoms with Gasteiger partial charge in [-0.1, -0.05) is 23.2 Å². The smallest absolute Gasteiger partial charge is 0.239 e. The topological polar surface area (TPSA) is 81.4 Å². The Balaban J connectivity index is 2.70. The average molecular weight is 353 g/mol. The van der Waals surface area contributed by atoms with Crippen molar-refractivity contribution in [3.05, 3.63) is 22.2 Å². The molecular weight excluding hydrogens is 335 g/mol. The zero-order valence-corrected chi connectivity index (χ0v) is 14.1. The van der Waals surface area contributed by atoms with E-state index >= 15 is 0 Å². The number of ether oxygens (including phenoxy) is 1. The van der Waals surface area contributed by atoms with Crippen LogP contribution in [0.4, 0.5) is 11.4 Å². The van der Waals surface area contributed by atoms with Gasteiger partial charge in [-0.05, 0) is 25.5 Å². The van der Waals surface area contributed by atoms with Crippen LogP contribution in [-0.4, -0.2) is 34.8 Å². The van der Waals surface area contributed by atoms with Gasteiger partial charge in [0.15, 0.2) is 0 Å². The van der Waals surface area contributed by atoms with Crippen LogP contribution >= 0.6 is 23.2 Å². The quantitative estimate of drug-likeness (QED) is 0.583. The Morgan fingerprint density at radius 2 is 2.14 bits per heavy atom. The largest absolute Gasteiger partial charge is 0.397 e. The Morgan fingerprint density at radius 1 is 1.48 bits per heavy atom. The summed E-state index contributed by atoms with van der Waals surface area (Å²) in [5, 5.41) is 2.55. The molecule has 0 bridgehead atoms. The lowest BCUT2D eigenvalue weighted by molar-refractivity contribution is -0.115. The Kier molecular flexibility index (Phi) is 7.45. The lowest BCUT2D eigenvalue weighted by atomic mass is 10.2. The summed E-state index contributed by atoms with van der Waals surface area (Å²) in [6.07, 6.45) is 0.630. The molecule has 8 heteroatoms. The number of hydrogen-bond donors (Lipinski definition) is 2. The molecule has 0 saturated carbocycles. The third kappa shape index (κ3) is 5.47. The van der Waals surface area contributed by atoms with Gasteiger partial charge in [0.25, 0.3) is 0 Å². The molecule has 0 saturated heterocycles. The summed E-state index contributed by atoms with van der Waals surface area (Å²) in [5.74, 6) is -0.00613. The van der Waals surface area contributed by atoms with Crippen LogP contribution in [0, 0.1) is 0 Å². The number of nitrogens with one attached hydrogen (secondary N) is 1. The number of hydrogen-bond acceptors (Lipinski definition) is 4. The first-order valence-electron chi connectivity index (χ1n) is 6.28. The molecule has 0 heterocycles. The highest BCUT2D eigenvalue weighted by Gasteiger charge is 2.21. The van der Waals surface area contributed by atoms with Gasteiger partial charge in [-0.25, -0.2) is 0 Å². The normalized spacial score (nSPS) is 13.7. The average Bonchev–Trinajstić information content (AvgIpc) is 2.41. The number of halogens is 2.